The van der Waals surface area contributed by atoms with Gasteiger partial charge >= 0.3 is 0 Å². The lowest BCUT2D eigenvalue weighted by atomic mass is 10.2. The number of carbonyl (C=O) groups excluding carboxylic acids is 2. The highest BCUT2D eigenvalue weighted by molar-refractivity contribution is 8.27. The molecule has 4 rings (SSSR count). The van der Waals surface area contributed by atoms with E-state index >= 15 is 0 Å². The molecule has 0 aromatic heterocycles. The Morgan fingerprint density at radius 2 is 1.03 bits per heavy atom. The van der Waals surface area contributed by atoms with Crippen LogP contribution in [0.25, 0.3) is 0 Å². The molecule has 150 valence electrons. The maximum Gasteiger partial charge on any atom is 0.266 e. The summed E-state index contributed by atoms with van der Waals surface area (Å²) in [6.45, 7) is 0.865. The number of amides is 2. The molecule has 0 spiro atoms. The second-order valence-electron chi connectivity index (χ2n) is 6.55. The van der Waals surface area contributed by atoms with Gasteiger partial charge in [0.2, 0.25) is 0 Å². The van der Waals surface area contributed by atoms with Gasteiger partial charge in [0, 0.05) is 0 Å². The molecule has 2 fully saturated rings. The molecule has 2 aromatic rings. The Morgan fingerprint density at radius 1 is 0.667 bits per heavy atom. The van der Waals surface area contributed by atoms with Gasteiger partial charge in [-0.2, -0.15) is 0 Å². The second kappa shape index (κ2) is 9.26. The third-order valence-electron chi connectivity index (χ3n) is 4.50. The van der Waals surface area contributed by atoms with E-state index in [0.29, 0.717) is 31.5 Å². The summed E-state index contributed by atoms with van der Waals surface area (Å²) in [4.78, 5) is 29.7. The van der Waals surface area contributed by atoms with Gasteiger partial charge in [-0.3, -0.25) is 19.4 Å². The van der Waals surface area contributed by atoms with Gasteiger partial charge in [0.05, 0.1) is 22.9 Å². The van der Waals surface area contributed by atoms with Crippen LogP contribution in [0.5, 0.6) is 0 Å². The monoisotopic (exact) mass is 468 g/mol. The standard InChI is InChI=1S/C22H16N2O2S4/c25-19-17(29-21(27)23(19)13-15-7-3-1-4-8-15)11-12-18-20(26)24(22(28)30-18)14-16-9-5-2-6-10-16/h1-12H,13-14H2. The Morgan fingerprint density at radius 3 is 1.40 bits per heavy atom. The van der Waals surface area contributed by atoms with Gasteiger partial charge < -0.3 is 0 Å². The van der Waals surface area contributed by atoms with Crippen molar-refractivity contribution in [2.24, 2.45) is 0 Å². The van der Waals surface area contributed by atoms with Crippen molar-refractivity contribution >= 4 is 68.4 Å². The number of thioether (sulfide) groups is 2. The predicted octanol–water partition coefficient (Wildman–Crippen LogP) is 4.88. The van der Waals surface area contributed by atoms with Crippen molar-refractivity contribution in [1.29, 1.82) is 0 Å². The molecule has 0 radical (unpaired) electrons. The third kappa shape index (κ3) is 4.57. The Hall–Kier alpha value is -2.26. The zero-order valence-electron chi connectivity index (χ0n) is 15.7. The molecule has 2 aromatic carbocycles. The molecule has 0 saturated carbocycles. The lowest BCUT2D eigenvalue weighted by molar-refractivity contribution is -0.123. The smallest absolute Gasteiger partial charge is 0.266 e. The van der Waals surface area contributed by atoms with Crippen LogP contribution in [0.15, 0.2) is 82.6 Å². The molecule has 2 amide bonds. The van der Waals surface area contributed by atoms with Crippen molar-refractivity contribution in [3.05, 3.63) is 93.8 Å². The van der Waals surface area contributed by atoms with Crippen LogP contribution < -0.4 is 0 Å². The minimum absolute atomic E-state index is 0.148. The number of carbonyl (C=O) groups is 2. The second-order valence-corrected chi connectivity index (χ2v) is 9.90. The first-order chi connectivity index (χ1) is 14.5. The molecule has 0 unspecified atom stereocenters. The molecule has 0 bridgehead atoms. The zero-order valence-corrected chi connectivity index (χ0v) is 19.0. The molecule has 0 atom stereocenters. The summed E-state index contributed by atoms with van der Waals surface area (Å²) in [5, 5.41) is 0. The summed E-state index contributed by atoms with van der Waals surface area (Å²) in [6, 6.07) is 19.4. The van der Waals surface area contributed by atoms with Gasteiger partial charge in [0.15, 0.2) is 0 Å². The Labute approximate surface area is 194 Å². The fourth-order valence-corrected chi connectivity index (χ4v) is 5.38. The van der Waals surface area contributed by atoms with Gasteiger partial charge in [0.1, 0.15) is 8.64 Å². The van der Waals surface area contributed by atoms with Crippen LogP contribution in [0, 0.1) is 0 Å². The van der Waals surface area contributed by atoms with Crippen molar-refractivity contribution in [3.63, 3.8) is 0 Å². The van der Waals surface area contributed by atoms with E-state index in [1.807, 2.05) is 60.7 Å². The highest BCUT2D eigenvalue weighted by Gasteiger charge is 2.34. The quantitative estimate of drug-likeness (QED) is 0.460. The maximum atomic E-state index is 12.8. The van der Waals surface area contributed by atoms with E-state index < -0.39 is 0 Å². The van der Waals surface area contributed by atoms with Gasteiger partial charge in [-0.25, -0.2) is 0 Å². The number of hydrogen-bond donors (Lipinski definition) is 0. The largest absolute Gasteiger partial charge is 0.288 e. The minimum atomic E-state index is -0.148. The highest BCUT2D eigenvalue weighted by Crippen LogP contribution is 2.35. The first-order valence-electron chi connectivity index (χ1n) is 9.10. The van der Waals surface area contributed by atoms with Crippen molar-refractivity contribution in [2.45, 2.75) is 13.1 Å². The topological polar surface area (TPSA) is 40.6 Å². The van der Waals surface area contributed by atoms with Crippen LogP contribution in [-0.4, -0.2) is 30.3 Å². The number of hydrogen-bond acceptors (Lipinski definition) is 6. The van der Waals surface area contributed by atoms with Gasteiger partial charge in [-0.15, -0.1) is 0 Å². The maximum absolute atomic E-state index is 12.8. The molecule has 2 saturated heterocycles. The van der Waals surface area contributed by atoms with Crippen molar-refractivity contribution in [1.82, 2.24) is 9.80 Å². The van der Waals surface area contributed by atoms with Crippen LogP contribution in [0.3, 0.4) is 0 Å². The van der Waals surface area contributed by atoms with Gasteiger partial charge in [-0.1, -0.05) is 109 Å². The molecule has 30 heavy (non-hydrogen) atoms. The number of allylic oxidation sites excluding steroid dienone is 2. The minimum Gasteiger partial charge on any atom is -0.288 e. The van der Waals surface area contributed by atoms with Crippen LogP contribution in [-0.2, 0) is 22.7 Å². The number of benzene rings is 2. The van der Waals surface area contributed by atoms with Crippen LogP contribution >= 0.6 is 48.0 Å². The third-order valence-corrected chi connectivity index (χ3v) is 7.29. The van der Waals surface area contributed by atoms with E-state index in [2.05, 4.69) is 0 Å². The molecule has 0 N–H and O–H groups in total. The number of nitrogens with zero attached hydrogens (tertiary/aromatic N) is 2. The number of rotatable bonds is 5. The summed E-state index contributed by atoms with van der Waals surface area (Å²) in [5.74, 6) is -0.297. The zero-order chi connectivity index (χ0) is 21.1. The summed E-state index contributed by atoms with van der Waals surface area (Å²) in [7, 11) is 0. The molecule has 4 nitrogen and oxygen atoms in total. The van der Waals surface area contributed by atoms with E-state index in [4.69, 9.17) is 24.4 Å². The van der Waals surface area contributed by atoms with E-state index in [1.165, 1.54) is 23.5 Å². The lowest BCUT2D eigenvalue weighted by Crippen LogP contribution is -2.27. The van der Waals surface area contributed by atoms with Crippen LogP contribution in [0.1, 0.15) is 11.1 Å². The normalized spacial score (nSPS) is 19.6. The van der Waals surface area contributed by atoms with E-state index in [0.717, 1.165) is 11.1 Å². The summed E-state index contributed by atoms with van der Waals surface area (Å²) in [5.41, 5.74) is 2.02. The predicted molar refractivity (Wildman–Crippen MR) is 131 cm³/mol. The first-order valence-corrected chi connectivity index (χ1v) is 11.5. The van der Waals surface area contributed by atoms with E-state index in [-0.39, 0.29) is 11.8 Å². The van der Waals surface area contributed by atoms with Gasteiger partial charge in [-0.05, 0) is 23.3 Å². The first kappa shape index (κ1) is 21.0. The van der Waals surface area contributed by atoms with Gasteiger partial charge in [0.25, 0.3) is 11.8 Å². The molecule has 0 aliphatic carbocycles. The molecule has 2 aliphatic heterocycles. The average molecular weight is 469 g/mol. The van der Waals surface area contributed by atoms with Crippen LogP contribution in [0.2, 0.25) is 0 Å². The van der Waals surface area contributed by atoms with E-state index in [1.54, 1.807) is 22.0 Å². The lowest BCUT2D eigenvalue weighted by Gasteiger charge is -2.14. The fourth-order valence-electron chi connectivity index (χ4n) is 2.98. The van der Waals surface area contributed by atoms with Crippen molar-refractivity contribution in [2.75, 3.05) is 0 Å². The Balaban J connectivity index is 1.47. The Kier molecular flexibility index (Phi) is 6.48. The summed E-state index contributed by atoms with van der Waals surface area (Å²) >= 11 is 13.3. The SMILES string of the molecule is O=C1C(=CC=C2SC(=S)N(Cc3ccccc3)C2=O)SC(=S)N1Cc1ccccc1. The molecule has 2 aliphatic rings. The molecular formula is C22H16N2O2S4. The summed E-state index contributed by atoms with van der Waals surface area (Å²) < 4.78 is 1.03. The highest BCUT2D eigenvalue weighted by atomic mass is 32.2. The summed E-state index contributed by atoms with van der Waals surface area (Å²) in [6.07, 6.45) is 3.33. The molecular weight excluding hydrogens is 453 g/mol. The van der Waals surface area contributed by atoms with Crippen molar-refractivity contribution < 1.29 is 9.59 Å². The van der Waals surface area contributed by atoms with E-state index in [9.17, 15) is 9.59 Å². The average Bonchev–Trinajstić information content (AvgIpc) is 3.18. The van der Waals surface area contributed by atoms with Crippen LogP contribution in [0.4, 0.5) is 0 Å². The van der Waals surface area contributed by atoms with Crippen molar-refractivity contribution in [3.8, 4) is 0 Å². The fraction of sp³-hybridized carbons (Fsp3) is 0.0909. The Bertz CT molecular complexity index is 993. The molecule has 2 heterocycles. The number of thiocarbonyl (C=S) groups is 2. The molecule has 8 heteroatoms.